The average molecular weight is 325 g/mol. The van der Waals surface area contributed by atoms with E-state index in [2.05, 4.69) is 20.5 Å². The van der Waals surface area contributed by atoms with Crippen LogP contribution in [0, 0.1) is 11.3 Å². The van der Waals surface area contributed by atoms with Crippen molar-refractivity contribution in [3.63, 3.8) is 0 Å². The highest BCUT2D eigenvalue weighted by Gasteiger charge is 2.23. The van der Waals surface area contributed by atoms with Gasteiger partial charge in [-0.05, 0) is 17.7 Å². The summed E-state index contributed by atoms with van der Waals surface area (Å²) in [6, 6.07) is 9.88. The molecule has 3 rings (SSSR count). The highest BCUT2D eigenvalue weighted by molar-refractivity contribution is 5.34. The summed E-state index contributed by atoms with van der Waals surface area (Å²) < 4.78 is 8.05. The van der Waals surface area contributed by atoms with Crippen LogP contribution < -0.4 is 4.90 Å². The third-order valence-electron chi connectivity index (χ3n) is 4.38. The van der Waals surface area contributed by atoms with Crippen molar-refractivity contribution in [3.05, 3.63) is 47.3 Å². The summed E-state index contributed by atoms with van der Waals surface area (Å²) in [7, 11) is 6.05. The first kappa shape index (κ1) is 16.5. The number of imidazole rings is 1. The number of ether oxygens (including phenoxy) is 1. The number of rotatable bonds is 4. The molecule has 0 amide bonds. The molecule has 24 heavy (non-hydrogen) atoms. The Hall–Kier alpha value is -2.36. The van der Waals surface area contributed by atoms with Crippen molar-refractivity contribution in [1.29, 1.82) is 5.26 Å². The molecule has 0 spiro atoms. The van der Waals surface area contributed by atoms with E-state index in [0.717, 1.165) is 31.1 Å². The van der Waals surface area contributed by atoms with Gasteiger partial charge in [0.25, 0.3) is 0 Å². The second-order valence-corrected chi connectivity index (χ2v) is 6.33. The standard InChI is InChI=1S/C18H23N5O/c1-21(2)18-20-11-16(22(18)3)12-23-7-8-24-17(13-23)15-6-4-5-14(9-15)10-19/h4-6,9,11,17H,7-8,12-13H2,1-3H3. The Bertz CT molecular complexity index is 746. The van der Waals surface area contributed by atoms with Gasteiger partial charge in [-0.2, -0.15) is 5.26 Å². The maximum absolute atomic E-state index is 9.07. The molecule has 0 N–H and O–H groups in total. The number of anilines is 1. The molecule has 1 saturated heterocycles. The van der Waals surface area contributed by atoms with Crippen LogP contribution in [0.3, 0.4) is 0 Å². The van der Waals surface area contributed by atoms with E-state index in [4.69, 9.17) is 10.00 Å². The predicted molar refractivity (Wildman–Crippen MR) is 92.7 cm³/mol. The van der Waals surface area contributed by atoms with Gasteiger partial charge in [0.15, 0.2) is 0 Å². The number of aromatic nitrogens is 2. The van der Waals surface area contributed by atoms with Crippen LogP contribution in [-0.2, 0) is 18.3 Å². The van der Waals surface area contributed by atoms with E-state index in [1.54, 1.807) is 0 Å². The highest BCUT2D eigenvalue weighted by Crippen LogP contribution is 2.24. The lowest BCUT2D eigenvalue weighted by atomic mass is 10.0. The normalized spacial score (nSPS) is 18.3. The van der Waals surface area contributed by atoms with Crippen molar-refractivity contribution in [1.82, 2.24) is 14.5 Å². The third-order valence-corrected chi connectivity index (χ3v) is 4.38. The van der Waals surface area contributed by atoms with Crippen LogP contribution in [0.1, 0.15) is 22.9 Å². The van der Waals surface area contributed by atoms with Crippen LogP contribution in [0.25, 0.3) is 0 Å². The Kier molecular flexibility index (Phi) is 4.84. The van der Waals surface area contributed by atoms with Crippen molar-refractivity contribution in [2.24, 2.45) is 7.05 Å². The van der Waals surface area contributed by atoms with Gasteiger partial charge in [-0.3, -0.25) is 4.90 Å². The minimum atomic E-state index is 0.00796. The number of benzene rings is 1. The summed E-state index contributed by atoms with van der Waals surface area (Å²) in [5.41, 5.74) is 2.93. The minimum absolute atomic E-state index is 0.00796. The van der Waals surface area contributed by atoms with Crippen LogP contribution in [-0.4, -0.2) is 48.2 Å². The van der Waals surface area contributed by atoms with E-state index in [1.165, 1.54) is 5.69 Å². The number of nitrogens with zero attached hydrogens (tertiary/aromatic N) is 5. The first-order valence-corrected chi connectivity index (χ1v) is 8.10. The van der Waals surface area contributed by atoms with E-state index in [1.807, 2.05) is 56.5 Å². The predicted octanol–water partition coefficient (Wildman–Crippen LogP) is 1.93. The zero-order chi connectivity index (χ0) is 17.1. The summed E-state index contributed by atoms with van der Waals surface area (Å²) >= 11 is 0. The molecule has 0 aliphatic carbocycles. The zero-order valence-corrected chi connectivity index (χ0v) is 14.4. The highest BCUT2D eigenvalue weighted by atomic mass is 16.5. The van der Waals surface area contributed by atoms with Gasteiger partial charge in [-0.25, -0.2) is 4.98 Å². The third kappa shape index (κ3) is 3.42. The molecule has 1 fully saturated rings. The molecule has 2 aromatic rings. The molecular formula is C18H23N5O. The Morgan fingerprint density at radius 3 is 2.96 bits per heavy atom. The van der Waals surface area contributed by atoms with Gasteiger partial charge in [0.1, 0.15) is 0 Å². The van der Waals surface area contributed by atoms with Crippen molar-refractivity contribution >= 4 is 5.95 Å². The Morgan fingerprint density at radius 1 is 1.42 bits per heavy atom. The smallest absolute Gasteiger partial charge is 0.204 e. The summed E-state index contributed by atoms with van der Waals surface area (Å²) in [5, 5.41) is 9.07. The van der Waals surface area contributed by atoms with Gasteiger partial charge in [0.2, 0.25) is 5.95 Å². The van der Waals surface area contributed by atoms with E-state index < -0.39 is 0 Å². The SMILES string of the molecule is CN(C)c1ncc(CN2CCOC(c3cccc(C#N)c3)C2)n1C. The molecular weight excluding hydrogens is 302 g/mol. The van der Waals surface area contributed by atoms with E-state index in [9.17, 15) is 0 Å². The maximum Gasteiger partial charge on any atom is 0.204 e. The van der Waals surface area contributed by atoms with Gasteiger partial charge in [0, 0.05) is 40.8 Å². The van der Waals surface area contributed by atoms with Crippen LogP contribution in [0.4, 0.5) is 5.95 Å². The molecule has 1 aromatic heterocycles. The lowest BCUT2D eigenvalue weighted by Gasteiger charge is -2.33. The van der Waals surface area contributed by atoms with E-state index in [-0.39, 0.29) is 6.10 Å². The fourth-order valence-electron chi connectivity index (χ4n) is 3.08. The van der Waals surface area contributed by atoms with Gasteiger partial charge < -0.3 is 14.2 Å². The molecule has 2 heterocycles. The first-order valence-electron chi connectivity index (χ1n) is 8.10. The second-order valence-electron chi connectivity index (χ2n) is 6.33. The first-order chi connectivity index (χ1) is 11.6. The zero-order valence-electron chi connectivity index (χ0n) is 14.4. The molecule has 0 saturated carbocycles. The fraction of sp³-hybridized carbons (Fsp3) is 0.444. The monoisotopic (exact) mass is 325 g/mol. The van der Waals surface area contributed by atoms with Crippen LogP contribution in [0.5, 0.6) is 0 Å². The molecule has 126 valence electrons. The average Bonchev–Trinajstić information content (AvgIpc) is 2.96. The van der Waals surface area contributed by atoms with E-state index >= 15 is 0 Å². The molecule has 1 aromatic carbocycles. The largest absolute Gasteiger partial charge is 0.371 e. The molecule has 1 aliphatic rings. The quantitative estimate of drug-likeness (QED) is 0.860. The Balaban J connectivity index is 1.71. The molecule has 1 unspecified atom stereocenters. The lowest BCUT2D eigenvalue weighted by Crippen LogP contribution is -2.38. The van der Waals surface area contributed by atoms with Crippen molar-refractivity contribution in [3.8, 4) is 6.07 Å². The number of nitriles is 1. The molecule has 1 atom stereocenters. The molecule has 0 bridgehead atoms. The van der Waals surface area contributed by atoms with Gasteiger partial charge in [-0.15, -0.1) is 0 Å². The Morgan fingerprint density at radius 2 is 2.25 bits per heavy atom. The lowest BCUT2D eigenvalue weighted by molar-refractivity contribution is -0.0335. The Labute approximate surface area is 142 Å². The van der Waals surface area contributed by atoms with Crippen LogP contribution in [0.2, 0.25) is 0 Å². The molecule has 0 radical (unpaired) electrons. The van der Waals surface area contributed by atoms with Crippen LogP contribution in [0.15, 0.2) is 30.5 Å². The summed E-state index contributed by atoms with van der Waals surface area (Å²) in [6.45, 7) is 3.25. The number of morpholine rings is 1. The van der Waals surface area contributed by atoms with Crippen molar-refractivity contribution < 1.29 is 4.74 Å². The van der Waals surface area contributed by atoms with Crippen molar-refractivity contribution in [2.75, 3.05) is 38.7 Å². The maximum atomic E-state index is 9.07. The summed E-state index contributed by atoms with van der Waals surface area (Å²) in [5.74, 6) is 0.955. The van der Waals surface area contributed by atoms with E-state index in [0.29, 0.717) is 12.2 Å². The van der Waals surface area contributed by atoms with Gasteiger partial charge >= 0.3 is 0 Å². The second kappa shape index (κ2) is 7.04. The fourth-order valence-corrected chi connectivity index (χ4v) is 3.08. The van der Waals surface area contributed by atoms with Gasteiger partial charge in [-0.1, -0.05) is 12.1 Å². The summed E-state index contributed by atoms with van der Waals surface area (Å²) in [6.07, 6.45) is 1.95. The minimum Gasteiger partial charge on any atom is -0.371 e. The van der Waals surface area contributed by atoms with Gasteiger partial charge in [0.05, 0.1) is 36.2 Å². The van der Waals surface area contributed by atoms with Crippen LogP contribution >= 0.6 is 0 Å². The number of hydrogen-bond donors (Lipinski definition) is 0. The molecule has 6 nitrogen and oxygen atoms in total. The van der Waals surface area contributed by atoms with Crippen molar-refractivity contribution in [2.45, 2.75) is 12.6 Å². The topological polar surface area (TPSA) is 57.3 Å². The number of hydrogen-bond acceptors (Lipinski definition) is 5. The summed E-state index contributed by atoms with van der Waals surface area (Å²) in [4.78, 5) is 8.87. The molecule has 6 heteroatoms. The molecule has 1 aliphatic heterocycles.